The van der Waals surface area contributed by atoms with Gasteiger partial charge in [-0.25, -0.2) is 9.97 Å². The summed E-state index contributed by atoms with van der Waals surface area (Å²) in [4.78, 5) is 24.0. The second-order valence-electron chi connectivity index (χ2n) is 10.9. The monoisotopic (exact) mass is 565 g/mol. The van der Waals surface area contributed by atoms with Gasteiger partial charge in [-0.3, -0.25) is 9.69 Å². The van der Waals surface area contributed by atoms with Gasteiger partial charge >= 0.3 is 0 Å². The topological polar surface area (TPSA) is 120 Å². The number of rotatable bonds is 9. The Morgan fingerprint density at radius 2 is 1.90 bits per heavy atom. The van der Waals surface area contributed by atoms with Crippen molar-refractivity contribution < 1.29 is 19.7 Å². The number of carbonyl (C=O) groups is 1. The first-order valence-corrected chi connectivity index (χ1v) is 14.1. The number of fused-ring (bicyclic) bond motifs is 1. The molecule has 0 aliphatic carbocycles. The minimum atomic E-state index is -1.03. The Morgan fingerprint density at radius 3 is 2.62 bits per heavy atom. The van der Waals surface area contributed by atoms with Crippen molar-refractivity contribution in [1.29, 1.82) is 0 Å². The lowest BCUT2D eigenvalue weighted by atomic mass is 9.94. The Labute approximate surface area is 239 Å². The van der Waals surface area contributed by atoms with Gasteiger partial charge in [0.05, 0.1) is 29.0 Å². The first-order valence-electron chi connectivity index (χ1n) is 13.7. The molecule has 9 nitrogen and oxygen atoms in total. The molecule has 1 amide bonds. The van der Waals surface area contributed by atoms with Crippen molar-refractivity contribution >= 4 is 23.5 Å². The number of nitrogens with zero attached hydrogens (tertiary/aromatic N) is 3. The highest BCUT2D eigenvalue weighted by molar-refractivity contribution is 6.32. The average molecular weight is 566 g/mol. The molecule has 2 aliphatic rings. The third-order valence-electron chi connectivity index (χ3n) is 7.69. The second kappa shape index (κ2) is 12.2. The van der Waals surface area contributed by atoms with Crippen LogP contribution in [-0.2, 0) is 15.1 Å². The van der Waals surface area contributed by atoms with Gasteiger partial charge < -0.3 is 25.6 Å². The van der Waals surface area contributed by atoms with E-state index in [-0.39, 0.29) is 31.1 Å². The van der Waals surface area contributed by atoms with Crippen LogP contribution in [0.3, 0.4) is 0 Å². The molecule has 5 rings (SSSR count). The first-order chi connectivity index (χ1) is 19.3. The maximum absolute atomic E-state index is 13.2. The number of benzene rings is 2. The highest BCUT2D eigenvalue weighted by atomic mass is 35.5. The SMILES string of the molecule is CC(C)(NC(=O)CN1C(O)c2cc(-c3nc(NC4CCOCC4)ncc3Cl)ccc2C1CCO)c1ccccc1. The van der Waals surface area contributed by atoms with Crippen LogP contribution in [0.4, 0.5) is 5.95 Å². The van der Waals surface area contributed by atoms with E-state index in [9.17, 15) is 15.0 Å². The predicted molar refractivity (Wildman–Crippen MR) is 154 cm³/mol. The van der Waals surface area contributed by atoms with Gasteiger partial charge in [-0.1, -0.05) is 54.1 Å². The van der Waals surface area contributed by atoms with E-state index in [4.69, 9.17) is 16.3 Å². The summed E-state index contributed by atoms with van der Waals surface area (Å²) in [6, 6.07) is 15.4. The highest BCUT2D eigenvalue weighted by Crippen LogP contribution is 2.44. The van der Waals surface area contributed by atoms with E-state index >= 15 is 0 Å². The van der Waals surface area contributed by atoms with Crippen molar-refractivity contribution in [3.8, 4) is 11.3 Å². The van der Waals surface area contributed by atoms with E-state index in [1.165, 1.54) is 0 Å². The molecule has 1 aromatic heterocycles. The summed E-state index contributed by atoms with van der Waals surface area (Å²) in [7, 11) is 0. The number of hydrogen-bond donors (Lipinski definition) is 4. The fourth-order valence-electron chi connectivity index (χ4n) is 5.56. The molecule has 2 aromatic carbocycles. The van der Waals surface area contributed by atoms with Crippen LogP contribution in [0.5, 0.6) is 0 Å². The number of nitrogens with one attached hydrogen (secondary N) is 2. The average Bonchev–Trinajstić information content (AvgIpc) is 3.20. The molecule has 10 heteroatoms. The molecule has 0 bridgehead atoms. The van der Waals surface area contributed by atoms with E-state index in [0.717, 1.165) is 29.5 Å². The van der Waals surface area contributed by atoms with Crippen LogP contribution in [0.1, 0.15) is 62.1 Å². The zero-order valence-corrected chi connectivity index (χ0v) is 23.6. The van der Waals surface area contributed by atoms with Gasteiger partial charge in [-0.2, -0.15) is 0 Å². The molecule has 212 valence electrons. The van der Waals surface area contributed by atoms with Crippen LogP contribution in [0.15, 0.2) is 54.7 Å². The molecule has 2 aliphatic heterocycles. The summed E-state index contributed by atoms with van der Waals surface area (Å²) in [5.74, 6) is 0.274. The number of aliphatic hydroxyl groups excluding tert-OH is 2. The fraction of sp³-hybridized carbons (Fsp3) is 0.433. The predicted octanol–water partition coefficient (Wildman–Crippen LogP) is 4.17. The van der Waals surface area contributed by atoms with Gasteiger partial charge in [0, 0.05) is 43.0 Å². The molecule has 3 aromatic rings. The van der Waals surface area contributed by atoms with E-state index in [2.05, 4.69) is 20.6 Å². The van der Waals surface area contributed by atoms with Gasteiger partial charge in [-0.05, 0) is 50.3 Å². The van der Waals surface area contributed by atoms with Crippen molar-refractivity contribution in [3.63, 3.8) is 0 Å². The summed E-state index contributed by atoms with van der Waals surface area (Å²) in [6.45, 7) is 5.19. The van der Waals surface area contributed by atoms with Gasteiger partial charge in [-0.15, -0.1) is 0 Å². The lowest BCUT2D eigenvalue weighted by molar-refractivity contribution is -0.128. The lowest BCUT2D eigenvalue weighted by Gasteiger charge is -2.31. The largest absolute Gasteiger partial charge is 0.396 e. The number of amides is 1. The summed E-state index contributed by atoms with van der Waals surface area (Å²) < 4.78 is 5.43. The normalized spacial score (nSPS) is 19.8. The van der Waals surface area contributed by atoms with Crippen molar-refractivity contribution in [3.05, 3.63) is 76.4 Å². The van der Waals surface area contributed by atoms with Gasteiger partial charge in [0.25, 0.3) is 0 Å². The molecule has 2 unspecified atom stereocenters. The highest BCUT2D eigenvalue weighted by Gasteiger charge is 2.39. The van der Waals surface area contributed by atoms with Crippen LogP contribution in [0, 0.1) is 0 Å². The number of carbonyl (C=O) groups excluding carboxylic acids is 1. The van der Waals surface area contributed by atoms with Crippen molar-refractivity contribution in [2.45, 2.75) is 57.0 Å². The van der Waals surface area contributed by atoms with Crippen molar-refractivity contribution in [2.75, 3.05) is 31.7 Å². The second-order valence-corrected chi connectivity index (χ2v) is 11.3. The number of hydrogen-bond acceptors (Lipinski definition) is 8. The van der Waals surface area contributed by atoms with Crippen LogP contribution >= 0.6 is 11.6 Å². The minimum absolute atomic E-state index is 0.0282. The van der Waals surface area contributed by atoms with Crippen LogP contribution < -0.4 is 10.6 Å². The van der Waals surface area contributed by atoms with Crippen molar-refractivity contribution in [1.82, 2.24) is 20.2 Å². The Morgan fingerprint density at radius 1 is 1.15 bits per heavy atom. The molecular formula is C30H36ClN5O4. The van der Waals surface area contributed by atoms with E-state index in [1.54, 1.807) is 11.1 Å². The maximum atomic E-state index is 13.2. The fourth-order valence-corrected chi connectivity index (χ4v) is 5.76. The number of anilines is 1. The molecule has 0 spiro atoms. The number of halogens is 1. The van der Waals surface area contributed by atoms with Gasteiger partial charge in [0.2, 0.25) is 11.9 Å². The van der Waals surface area contributed by atoms with Crippen LogP contribution in [0.25, 0.3) is 11.3 Å². The molecule has 40 heavy (non-hydrogen) atoms. The zero-order chi connectivity index (χ0) is 28.3. The van der Waals surface area contributed by atoms with Gasteiger partial charge in [0.1, 0.15) is 6.23 Å². The quantitative estimate of drug-likeness (QED) is 0.305. The standard InChI is InChI=1S/C30H36ClN5O4/c1-30(2,20-6-4-3-5-7-20)35-26(38)18-36-25(10-13-37)22-9-8-19(16-23(22)28(36)39)27-24(31)17-32-29(34-27)33-21-11-14-40-15-12-21/h3-9,16-17,21,25,28,37,39H,10-15,18H2,1-2H3,(H,35,38)(H,32,33,34). The summed E-state index contributed by atoms with van der Waals surface area (Å²) in [5.41, 5.74) is 3.22. The third kappa shape index (κ3) is 6.14. The molecule has 1 fully saturated rings. The first kappa shape index (κ1) is 28.4. The molecule has 2 atom stereocenters. The third-order valence-corrected chi connectivity index (χ3v) is 7.96. The Hall–Kier alpha value is -3.08. The molecule has 3 heterocycles. The maximum Gasteiger partial charge on any atom is 0.234 e. The Bertz CT molecular complexity index is 1330. The zero-order valence-electron chi connectivity index (χ0n) is 22.8. The summed E-state index contributed by atoms with van der Waals surface area (Å²) in [5, 5.41) is 28.1. The van der Waals surface area contributed by atoms with E-state index in [0.29, 0.717) is 41.9 Å². The molecule has 0 radical (unpaired) electrons. The summed E-state index contributed by atoms with van der Waals surface area (Å²) >= 11 is 6.52. The number of ether oxygens (including phenoxy) is 1. The lowest BCUT2D eigenvalue weighted by Crippen LogP contribution is -2.46. The summed E-state index contributed by atoms with van der Waals surface area (Å²) in [6.07, 6.45) is 2.69. The Balaban J connectivity index is 1.36. The van der Waals surface area contributed by atoms with Crippen LogP contribution in [-0.4, -0.2) is 63.4 Å². The number of aromatic nitrogens is 2. The Kier molecular flexibility index (Phi) is 8.68. The smallest absolute Gasteiger partial charge is 0.234 e. The van der Waals surface area contributed by atoms with Crippen molar-refractivity contribution in [2.24, 2.45) is 0 Å². The van der Waals surface area contributed by atoms with Gasteiger partial charge in [0.15, 0.2) is 0 Å². The molecule has 0 saturated carbocycles. The van der Waals surface area contributed by atoms with E-state index < -0.39 is 11.8 Å². The van der Waals surface area contributed by atoms with Crippen LogP contribution in [0.2, 0.25) is 5.02 Å². The minimum Gasteiger partial charge on any atom is -0.396 e. The van der Waals surface area contributed by atoms with E-state index in [1.807, 2.05) is 62.4 Å². The molecule has 4 N–H and O–H groups in total. The number of aliphatic hydroxyl groups is 2. The molecule has 1 saturated heterocycles. The molecular weight excluding hydrogens is 530 g/mol.